The molecule has 0 aromatic rings. The van der Waals surface area contributed by atoms with Crippen LogP contribution in [0.1, 0.15) is 72.1 Å². The van der Waals surface area contributed by atoms with Crippen LogP contribution in [-0.2, 0) is 4.74 Å². The Hall–Kier alpha value is -0.0800. The Morgan fingerprint density at radius 1 is 1.06 bits per heavy atom. The van der Waals surface area contributed by atoms with Crippen LogP contribution in [0.3, 0.4) is 0 Å². The van der Waals surface area contributed by atoms with Crippen molar-refractivity contribution in [3.63, 3.8) is 0 Å². The third-order valence-electron chi connectivity index (χ3n) is 3.71. The molecule has 0 saturated heterocycles. The Balaban J connectivity index is 3.62. The Bertz CT molecular complexity index is 168. The monoisotopic (exact) mass is 243 g/mol. The summed E-state index contributed by atoms with van der Waals surface area (Å²) in [5.74, 6) is 0. The van der Waals surface area contributed by atoms with Gasteiger partial charge in [-0.15, -0.1) is 0 Å². The zero-order valence-electron chi connectivity index (χ0n) is 12.6. The highest BCUT2D eigenvalue weighted by molar-refractivity contribution is 4.73. The lowest BCUT2D eigenvalue weighted by Crippen LogP contribution is -2.30. The van der Waals surface area contributed by atoms with Gasteiger partial charge in [-0.1, -0.05) is 39.0 Å². The molecule has 0 bridgehead atoms. The van der Waals surface area contributed by atoms with Gasteiger partial charge in [-0.3, -0.25) is 0 Å². The van der Waals surface area contributed by atoms with Gasteiger partial charge in [0, 0.05) is 13.2 Å². The van der Waals surface area contributed by atoms with Crippen LogP contribution in [0.15, 0.2) is 0 Å². The fourth-order valence-corrected chi connectivity index (χ4v) is 2.05. The van der Waals surface area contributed by atoms with Crippen LogP contribution in [0.2, 0.25) is 0 Å². The van der Waals surface area contributed by atoms with Crippen molar-refractivity contribution in [2.45, 2.75) is 83.8 Å². The van der Waals surface area contributed by atoms with Crippen LogP contribution in [0.25, 0.3) is 0 Å². The lowest BCUT2D eigenvalue weighted by molar-refractivity contribution is 0.0116. The summed E-state index contributed by atoms with van der Waals surface area (Å²) in [4.78, 5) is 0. The zero-order valence-corrected chi connectivity index (χ0v) is 12.6. The average molecular weight is 243 g/mol. The Kier molecular flexibility index (Phi) is 9.85. The van der Waals surface area contributed by atoms with Gasteiger partial charge in [0.15, 0.2) is 0 Å². The molecule has 1 unspecified atom stereocenters. The van der Waals surface area contributed by atoms with E-state index in [0.717, 1.165) is 6.42 Å². The van der Waals surface area contributed by atoms with E-state index in [4.69, 9.17) is 4.74 Å². The molecule has 104 valence electrons. The molecule has 1 N–H and O–H groups in total. The minimum absolute atomic E-state index is 0.0251. The minimum Gasteiger partial charge on any atom is -0.379 e. The lowest BCUT2D eigenvalue weighted by Gasteiger charge is -2.25. The van der Waals surface area contributed by atoms with Gasteiger partial charge in [0.25, 0.3) is 0 Å². The molecule has 0 rings (SSSR count). The molecular weight excluding hydrogens is 210 g/mol. The summed E-state index contributed by atoms with van der Waals surface area (Å²) in [7, 11) is 3.88. The molecular formula is C15H33NO. The first kappa shape index (κ1) is 16.9. The summed E-state index contributed by atoms with van der Waals surface area (Å²) in [5, 5.41) is 3.43. The number of ether oxygens (including phenoxy) is 1. The van der Waals surface area contributed by atoms with Crippen molar-refractivity contribution >= 4 is 0 Å². The Labute approximate surface area is 109 Å². The van der Waals surface area contributed by atoms with E-state index in [1.165, 1.54) is 44.9 Å². The quantitative estimate of drug-likeness (QED) is 0.551. The van der Waals surface area contributed by atoms with E-state index in [9.17, 15) is 0 Å². The third kappa shape index (κ3) is 9.61. The molecule has 0 spiro atoms. The summed E-state index contributed by atoms with van der Waals surface area (Å²) < 4.78 is 5.46. The van der Waals surface area contributed by atoms with Gasteiger partial charge < -0.3 is 10.1 Å². The summed E-state index contributed by atoms with van der Waals surface area (Å²) >= 11 is 0. The zero-order chi connectivity index (χ0) is 13.1. The van der Waals surface area contributed by atoms with E-state index in [2.05, 4.69) is 33.1 Å². The van der Waals surface area contributed by atoms with Crippen molar-refractivity contribution in [1.29, 1.82) is 0 Å². The first-order valence-corrected chi connectivity index (χ1v) is 7.28. The summed E-state index contributed by atoms with van der Waals surface area (Å²) in [6.07, 6.45) is 10.5. The van der Waals surface area contributed by atoms with Gasteiger partial charge in [0.2, 0.25) is 0 Å². The van der Waals surface area contributed by atoms with Crippen LogP contribution < -0.4 is 5.32 Å². The van der Waals surface area contributed by atoms with Crippen molar-refractivity contribution in [2.24, 2.45) is 0 Å². The first-order chi connectivity index (χ1) is 8.05. The second-order valence-corrected chi connectivity index (χ2v) is 5.69. The number of hydrogen-bond donors (Lipinski definition) is 1. The number of hydrogen-bond acceptors (Lipinski definition) is 2. The molecule has 0 aromatic carbocycles. The van der Waals surface area contributed by atoms with E-state index < -0.39 is 0 Å². The van der Waals surface area contributed by atoms with Gasteiger partial charge in [0.1, 0.15) is 0 Å². The highest BCUT2D eigenvalue weighted by atomic mass is 16.5. The molecule has 0 fully saturated rings. The maximum absolute atomic E-state index is 5.46. The van der Waals surface area contributed by atoms with Crippen LogP contribution in [0, 0.1) is 0 Å². The summed E-state index contributed by atoms with van der Waals surface area (Å²) in [6, 6.07) is 0.658. The Morgan fingerprint density at radius 3 is 2.24 bits per heavy atom. The van der Waals surface area contributed by atoms with Crippen molar-refractivity contribution in [3.8, 4) is 0 Å². The van der Waals surface area contributed by atoms with Crippen LogP contribution in [0.5, 0.6) is 0 Å². The molecule has 0 aliphatic carbocycles. The van der Waals surface area contributed by atoms with Gasteiger partial charge >= 0.3 is 0 Å². The number of unbranched alkanes of at least 4 members (excludes halogenated alkanes) is 4. The minimum atomic E-state index is 0.0251. The van der Waals surface area contributed by atoms with Crippen LogP contribution in [0.4, 0.5) is 0 Å². The maximum atomic E-state index is 5.46. The molecule has 0 saturated carbocycles. The highest BCUT2D eigenvalue weighted by Gasteiger charge is 2.18. The van der Waals surface area contributed by atoms with Gasteiger partial charge in [-0.05, 0) is 40.2 Å². The Morgan fingerprint density at radius 2 is 1.71 bits per heavy atom. The van der Waals surface area contributed by atoms with Crippen LogP contribution in [-0.4, -0.2) is 25.8 Å². The first-order valence-electron chi connectivity index (χ1n) is 7.28. The number of methoxy groups -OCH3 is 1. The second-order valence-electron chi connectivity index (χ2n) is 5.69. The summed E-state index contributed by atoms with van der Waals surface area (Å²) in [6.45, 7) is 6.60. The maximum Gasteiger partial charge on any atom is 0.0623 e. The largest absolute Gasteiger partial charge is 0.379 e. The SMILES string of the molecule is CCCCCCCC(CCC(C)(C)OC)NC. The molecule has 0 heterocycles. The van der Waals surface area contributed by atoms with Crippen molar-refractivity contribution in [3.05, 3.63) is 0 Å². The normalized spacial score (nSPS) is 13.9. The predicted molar refractivity (Wildman–Crippen MR) is 76.5 cm³/mol. The standard InChI is InChI=1S/C15H33NO/c1-6-7-8-9-10-11-14(16-4)12-13-15(2,3)17-5/h14,16H,6-13H2,1-5H3. The van der Waals surface area contributed by atoms with E-state index >= 15 is 0 Å². The fraction of sp³-hybridized carbons (Fsp3) is 1.00. The third-order valence-corrected chi connectivity index (χ3v) is 3.71. The molecule has 0 radical (unpaired) electrons. The van der Waals surface area contributed by atoms with Gasteiger partial charge in [-0.25, -0.2) is 0 Å². The van der Waals surface area contributed by atoms with E-state index in [1.54, 1.807) is 7.11 Å². The molecule has 17 heavy (non-hydrogen) atoms. The number of rotatable bonds is 11. The second kappa shape index (κ2) is 9.90. The molecule has 2 nitrogen and oxygen atoms in total. The molecule has 2 heteroatoms. The molecule has 0 aliphatic heterocycles. The molecule has 1 atom stereocenters. The molecule has 0 amide bonds. The van der Waals surface area contributed by atoms with Gasteiger partial charge in [-0.2, -0.15) is 0 Å². The number of nitrogens with one attached hydrogen (secondary N) is 1. The lowest BCUT2D eigenvalue weighted by atomic mass is 9.96. The van der Waals surface area contributed by atoms with E-state index in [0.29, 0.717) is 6.04 Å². The van der Waals surface area contributed by atoms with Crippen LogP contribution >= 0.6 is 0 Å². The van der Waals surface area contributed by atoms with Gasteiger partial charge in [0.05, 0.1) is 5.60 Å². The van der Waals surface area contributed by atoms with E-state index in [-0.39, 0.29) is 5.60 Å². The average Bonchev–Trinajstić information content (AvgIpc) is 2.32. The highest BCUT2D eigenvalue weighted by Crippen LogP contribution is 2.19. The topological polar surface area (TPSA) is 21.3 Å². The van der Waals surface area contributed by atoms with Crippen molar-refractivity contribution < 1.29 is 4.74 Å². The fourth-order valence-electron chi connectivity index (χ4n) is 2.05. The molecule has 0 aliphatic rings. The molecule has 0 aromatic heterocycles. The van der Waals surface area contributed by atoms with E-state index in [1.807, 2.05) is 0 Å². The smallest absolute Gasteiger partial charge is 0.0623 e. The predicted octanol–water partition coefficient (Wildman–Crippen LogP) is 4.14. The van der Waals surface area contributed by atoms with Crippen molar-refractivity contribution in [2.75, 3.05) is 14.2 Å². The van der Waals surface area contributed by atoms with Crippen molar-refractivity contribution in [1.82, 2.24) is 5.32 Å². The summed E-state index contributed by atoms with van der Waals surface area (Å²) in [5.41, 5.74) is 0.0251.